The standard InChI is InChI=1S/C14H16N6/c1-20-11(5-7-19-20)4-6-16-14-12-8-10(15)2-3-13(12)17-9-18-14/h2-3,5,7-9H,4,6,15H2,1H3,(H,16,17,18). The molecule has 0 atom stereocenters. The molecule has 1 aromatic carbocycles. The van der Waals surface area contributed by atoms with Gasteiger partial charge in [0.15, 0.2) is 0 Å². The van der Waals surface area contributed by atoms with Gasteiger partial charge in [-0.25, -0.2) is 9.97 Å². The van der Waals surface area contributed by atoms with E-state index in [2.05, 4.69) is 20.4 Å². The van der Waals surface area contributed by atoms with Gasteiger partial charge in [-0.15, -0.1) is 0 Å². The summed E-state index contributed by atoms with van der Waals surface area (Å²) in [4.78, 5) is 8.52. The lowest BCUT2D eigenvalue weighted by Gasteiger charge is -2.08. The minimum absolute atomic E-state index is 0.710. The van der Waals surface area contributed by atoms with Gasteiger partial charge >= 0.3 is 0 Å². The summed E-state index contributed by atoms with van der Waals surface area (Å²) < 4.78 is 1.87. The predicted octanol–water partition coefficient (Wildman–Crippen LogP) is 1.60. The van der Waals surface area contributed by atoms with Crippen LogP contribution in [0.4, 0.5) is 11.5 Å². The quantitative estimate of drug-likeness (QED) is 0.702. The maximum absolute atomic E-state index is 5.82. The van der Waals surface area contributed by atoms with Gasteiger partial charge in [-0.3, -0.25) is 4.68 Å². The smallest absolute Gasteiger partial charge is 0.137 e. The Labute approximate surface area is 116 Å². The van der Waals surface area contributed by atoms with Crippen LogP contribution in [0.1, 0.15) is 5.69 Å². The third kappa shape index (κ3) is 2.40. The van der Waals surface area contributed by atoms with Crippen molar-refractivity contribution >= 4 is 22.4 Å². The molecule has 3 rings (SSSR count). The van der Waals surface area contributed by atoms with Crippen molar-refractivity contribution in [3.63, 3.8) is 0 Å². The van der Waals surface area contributed by atoms with E-state index in [1.807, 2.05) is 36.0 Å². The first-order valence-electron chi connectivity index (χ1n) is 6.45. The van der Waals surface area contributed by atoms with Crippen molar-refractivity contribution in [1.82, 2.24) is 19.7 Å². The van der Waals surface area contributed by atoms with Crippen LogP contribution in [-0.4, -0.2) is 26.3 Å². The molecule has 0 radical (unpaired) electrons. The predicted molar refractivity (Wildman–Crippen MR) is 79.4 cm³/mol. The molecule has 0 bridgehead atoms. The third-order valence-corrected chi connectivity index (χ3v) is 3.26. The molecule has 3 N–H and O–H groups in total. The lowest BCUT2D eigenvalue weighted by Crippen LogP contribution is -2.09. The molecule has 102 valence electrons. The van der Waals surface area contributed by atoms with E-state index in [-0.39, 0.29) is 0 Å². The van der Waals surface area contributed by atoms with Crippen molar-refractivity contribution in [2.75, 3.05) is 17.6 Å². The number of anilines is 2. The summed E-state index contributed by atoms with van der Waals surface area (Å²) in [5, 5.41) is 8.43. The molecule has 0 spiro atoms. The second-order valence-electron chi connectivity index (χ2n) is 4.62. The Kier molecular flexibility index (Phi) is 3.20. The molecule has 0 saturated carbocycles. The summed E-state index contributed by atoms with van der Waals surface area (Å²) in [6, 6.07) is 7.65. The number of fused-ring (bicyclic) bond motifs is 1. The van der Waals surface area contributed by atoms with Crippen LogP contribution in [0, 0.1) is 0 Å². The average molecular weight is 268 g/mol. The highest BCUT2D eigenvalue weighted by Crippen LogP contribution is 2.21. The van der Waals surface area contributed by atoms with Crippen molar-refractivity contribution in [3.8, 4) is 0 Å². The lowest BCUT2D eigenvalue weighted by molar-refractivity contribution is 0.711. The fourth-order valence-electron chi connectivity index (χ4n) is 2.17. The zero-order valence-electron chi connectivity index (χ0n) is 11.2. The molecular formula is C14H16N6. The highest BCUT2D eigenvalue weighted by molar-refractivity contribution is 5.91. The van der Waals surface area contributed by atoms with Crippen molar-refractivity contribution in [1.29, 1.82) is 0 Å². The zero-order valence-corrected chi connectivity index (χ0v) is 11.2. The molecule has 0 aliphatic rings. The molecule has 2 aromatic heterocycles. The Balaban J connectivity index is 1.77. The lowest BCUT2D eigenvalue weighted by atomic mass is 10.2. The van der Waals surface area contributed by atoms with Gasteiger partial charge in [-0.05, 0) is 24.3 Å². The van der Waals surface area contributed by atoms with Crippen molar-refractivity contribution in [2.24, 2.45) is 7.05 Å². The molecule has 0 amide bonds. The highest BCUT2D eigenvalue weighted by Gasteiger charge is 2.04. The van der Waals surface area contributed by atoms with E-state index in [0.717, 1.165) is 29.7 Å². The molecule has 6 heteroatoms. The number of hydrogen-bond acceptors (Lipinski definition) is 5. The fourth-order valence-corrected chi connectivity index (χ4v) is 2.17. The Morgan fingerprint density at radius 2 is 2.15 bits per heavy atom. The van der Waals surface area contributed by atoms with Gasteiger partial charge in [-0.1, -0.05) is 0 Å². The number of aryl methyl sites for hydroxylation is 1. The molecular weight excluding hydrogens is 252 g/mol. The van der Waals surface area contributed by atoms with Crippen molar-refractivity contribution in [3.05, 3.63) is 42.5 Å². The second kappa shape index (κ2) is 5.16. The second-order valence-corrected chi connectivity index (χ2v) is 4.62. The normalized spacial score (nSPS) is 10.8. The Bertz CT molecular complexity index is 733. The van der Waals surface area contributed by atoms with Gasteiger partial charge in [0.05, 0.1) is 5.52 Å². The molecule has 3 aromatic rings. The topological polar surface area (TPSA) is 81.7 Å². The van der Waals surface area contributed by atoms with Crippen LogP contribution in [0.25, 0.3) is 10.9 Å². The Hall–Kier alpha value is -2.63. The molecule has 0 saturated heterocycles. The van der Waals surface area contributed by atoms with Crippen molar-refractivity contribution < 1.29 is 0 Å². The molecule has 20 heavy (non-hydrogen) atoms. The number of rotatable bonds is 4. The molecule has 6 nitrogen and oxygen atoms in total. The maximum atomic E-state index is 5.82. The first-order valence-corrected chi connectivity index (χ1v) is 6.45. The fraction of sp³-hybridized carbons (Fsp3) is 0.214. The highest BCUT2D eigenvalue weighted by atomic mass is 15.3. The number of nitrogens with zero attached hydrogens (tertiary/aromatic N) is 4. The van der Waals surface area contributed by atoms with Crippen LogP contribution in [0.3, 0.4) is 0 Å². The summed E-state index contributed by atoms with van der Waals surface area (Å²) in [5.74, 6) is 0.810. The van der Waals surface area contributed by atoms with E-state index >= 15 is 0 Å². The third-order valence-electron chi connectivity index (χ3n) is 3.26. The van der Waals surface area contributed by atoms with Gasteiger partial charge < -0.3 is 11.1 Å². The number of aromatic nitrogens is 4. The summed E-state index contributed by atoms with van der Waals surface area (Å²) in [6.07, 6.45) is 4.24. The Morgan fingerprint density at radius 1 is 1.25 bits per heavy atom. The van der Waals surface area contributed by atoms with Crippen LogP contribution in [0.15, 0.2) is 36.8 Å². The summed E-state index contributed by atoms with van der Waals surface area (Å²) in [7, 11) is 1.94. The monoisotopic (exact) mass is 268 g/mol. The van der Waals surface area contributed by atoms with Crippen LogP contribution in [-0.2, 0) is 13.5 Å². The van der Waals surface area contributed by atoms with Gasteiger partial charge in [0.25, 0.3) is 0 Å². The number of nitrogen functional groups attached to an aromatic ring is 1. The summed E-state index contributed by atoms with van der Waals surface area (Å²) in [6.45, 7) is 0.778. The van der Waals surface area contributed by atoms with E-state index in [0.29, 0.717) is 5.69 Å². The zero-order chi connectivity index (χ0) is 13.9. The Morgan fingerprint density at radius 3 is 2.95 bits per heavy atom. The van der Waals surface area contributed by atoms with Crippen LogP contribution < -0.4 is 11.1 Å². The number of benzene rings is 1. The molecule has 0 aliphatic heterocycles. The molecule has 2 heterocycles. The number of hydrogen-bond donors (Lipinski definition) is 2. The summed E-state index contributed by atoms with van der Waals surface area (Å²) >= 11 is 0. The van der Waals surface area contributed by atoms with Gasteiger partial charge in [0.2, 0.25) is 0 Å². The first-order chi connectivity index (χ1) is 9.74. The van der Waals surface area contributed by atoms with E-state index in [4.69, 9.17) is 5.73 Å². The molecule has 0 unspecified atom stereocenters. The van der Waals surface area contributed by atoms with Crippen LogP contribution >= 0.6 is 0 Å². The summed E-state index contributed by atoms with van der Waals surface area (Å²) in [5.41, 5.74) is 8.60. The SMILES string of the molecule is Cn1nccc1CCNc1ncnc2ccc(N)cc12. The van der Waals surface area contributed by atoms with Crippen LogP contribution in [0.5, 0.6) is 0 Å². The van der Waals surface area contributed by atoms with Gasteiger partial charge in [0, 0.05) is 43.0 Å². The van der Waals surface area contributed by atoms with E-state index < -0.39 is 0 Å². The molecule has 0 fully saturated rings. The minimum atomic E-state index is 0.710. The van der Waals surface area contributed by atoms with Crippen molar-refractivity contribution in [2.45, 2.75) is 6.42 Å². The van der Waals surface area contributed by atoms with E-state index in [1.165, 1.54) is 5.69 Å². The largest absolute Gasteiger partial charge is 0.399 e. The number of nitrogens with two attached hydrogens (primary N) is 1. The van der Waals surface area contributed by atoms with Gasteiger partial charge in [-0.2, -0.15) is 5.10 Å². The van der Waals surface area contributed by atoms with Gasteiger partial charge in [0.1, 0.15) is 12.1 Å². The first kappa shape index (κ1) is 12.4. The number of nitrogens with one attached hydrogen (secondary N) is 1. The van der Waals surface area contributed by atoms with E-state index in [9.17, 15) is 0 Å². The average Bonchev–Trinajstić information content (AvgIpc) is 2.85. The maximum Gasteiger partial charge on any atom is 0.137 e. The minimum Gasteiger partial charge on any atom is -0.399 e. The van der Waals surface area contributed by atoms with Crippen LogP contribution in [0.2, 0.25) is 0 Å². The van der Waals surface area contributed by atoms with E-state index in [1.54, 1.807) is 12.5 Å². The molecule has 0 aliphatic carbocycles.